The minimum absolute atomic E-state index is 0.137. The average Bonchev–Trinajstić information content (AvgIpc) is 2.16. The van der Waals surface area contributed by atoms with E-state index in [1.165, 1.54) is 16.7 Å². The number of hydrogen-bond donors (Lipinski definition) is 1. The van der Waals surface area contributed by atoms with Crippen LogP contribution in [0.25, 0.3) is 0 Å². The number of rotatable bonds is 1. The normalized spacial score (nSPS) is 15.2. The molecule has 0 spiro atoms. The third-order valence-corrected chi connectivity index (χ3v) is 2.72. The zero-order valence-corrected chi connectivity index (χ0v) is 8.63. The molecule has 1 aliphatic rings. The molecule has 0 fully saturated rings. The molecule has 1 amide bonds. The standard InChI is InChI=1S/C12H15NO/c1-8(2)9-3-4-10-7-13-12(14)6-11(10)5-9/h3-5,8H,6-7H2,1-2H3,(H,13,14). The van der Waals surface area contributed by atoms with E-state index in [-0.39, 0.29) is 5.91 Å². The van der Waals surface area contributed by atoms with Gasteiger partial charge >= 0.3 is 0 Å². The van der Waals surface area contributed by atoms with E-state index in [4.69, 9.17) is 0 Å². The first-order valence-electron chi connectivity index (χ1n) is 5.05. The van der Waals surface area contributed by atoms with Crippen LogP contribution in [0.15, 0.2) is 18.2 Å². The van der Waals surface area contributed by atoms with Crippen LogP contribution in [0.1, 0.15) is 36.5 Å². The van der Waals surface area contributed by atoms with Crippen molar-refractivity contribution in [3.8, 4) is 0 Å². The van der Waals surface area contributed by atoms with E-state index >= 15 is 0 Å². The van der Waals surface area contributed by atoms with E-state index in [1.54, 1.807) is 0 Å². The second-order valence-electron chi connectivity index (χ2n) is 4.14. The maximum absolute atomic E-state index is 11.2. The van der Waals surface area contributed by atoms with E-state index in [0.717, 1.165) is 0 Å². The van der Waals surface area contributed by atoms with Crippen LogP contribution in [0.4, 0.5) is 0 Å². The fourth-order valence-corrected chi connectivity index (χ4v) is 1.77. The van der Waals surface area contributed by atoms with Crippen LogP contribution in [-0.2, 0) is 17.8 Å². The SMILES string of the molecule is CC(C)c1ccc2c(c1)CC(=O)NC2. The minimum atomic E-state index is 0.137. The third-order valence-electron chi connectivity index (χ3n) is 2.72. The van der Waals surface area contributed by atoms with E-state index in [9.17, 15) is 4.79 Å². The molecule has 0 bridgehead atoms. The Morgan fingerprint density at radius 2 is 2.07 bits per heavy atom. The van der Waals surface area contributed by atoms with Crippen LogP contribution in [0.2, 0.25) is 0 Å². The van der Waals surface area contributed by atoms with Crippen molar-refractivity contribution in [3.05, 3.63) is 34.9 Å². The Balaban J connectivity index is 2.37. The minimum Gasteiger partial charge on any atom is -0.352 e. The summed E-state index contributed by atoms with van der Waals surface area (Å²) in [5.41, 5.74) is 3.77. The van der Waals surface area contributed by atoms with Crippen molar-refractivity contribution in [2.45, 2.75) is 32.7 Å². The van der Waals surface area contributed by atoms with E-state index in [0.29, 0.717) is 18.9 Å². The van der Waals surface area contributed by atoms with Gasteiger partial charge in [0.05, 0.1) is 6.42 Å². The second-order valence-corrected chi connectivity index (χ2v) is 4.14. The van der Waals surface area contributed by atoms with Gasteiger partial charge in [-0.3, -0.25) is 4.79 Å². The molecule has 2 nitrogen and oxygen atoms in total. The van der Waals surface area contributed by atoms with Gasteiger partial charge in [0.1, 0.15) is 0 Å². The van der Waals surface area contributed by atoms with Crippen LogP contribution in [0.3, 0.4) is 0 Å². The summed E-state index contributed by atoms with van der Waals surface area (Å²) in [6, 6.07) is 6.45. The summed E-state index contributed by atoms with van der Waals surface area (Å²) in [6.07, 6.45) is 0.538. The largest absolute Gasteiger partial charge is 0.352 e. The summed E-state index contributed by atoms with van der Waals surface area (Å²) in [6.45, 7) is 5.03. The highest BCUT2D eigenvalue weighted by molar-refractivity contribution is 5.80. The van der Waals surface area contributed by atoms with Gasteiger partial charge in [-0.25, -0.2) is 0 Å². The zero-order chi connectivity index (χ0) is 10.1. The molecule has 74 valence electrons. The summed E-state index contributed by atoms with van der Waals surface area (Å²) in [5, 5.41) is 2.85. The molecule has 1 aliphatic heterocycles. The number of fused-ring (bicyclic) bond motifs is 1. The molecular weight excluding hydrogens is 174 g/mol. The van der Waals surface area contributed by atoms with Crippen molar-refractivity contribution in [1.29, 1.82) is 0 Å². The molecule has 0 saturated heterocycles. The third kappa shape index (κ3) is 1.65. The molecular formula is C12H15NO. The summed E-state index contributed by atoms with van der Waals surface area (Å²) in [7, 11) is 0. The molecule has 0 aromatic heterocycles. The molecule has 0 aliphatic carbocycles. The van der Waals surface area contributed by atoms with Crippen molar-refractivity contribution in [2.75, 3.05) is 0 Å². The number of nitrogens with one attached hydrogen (secondary N) is 1. The Morgan fingerprint density at radius 1 is 1.29 bits per heavy atom. The monoisotopic (exact) mass is 189 g/mol. The molecule has 0 atom stereocenters. The first kappa shape index (κ1) is 9.25. The molecule has 0 saturated carbocycles. The van der Waals surface area contributed by atoms with Crippen LogP contribution in [0.5, 0.6) is 0 Å². The lowest BCUT2D eigenvalue weighted by molar-refractivity contribution is -0.121. The first-order valence-corrected chi connectivity index (χ1v) is 5.05. The number of benzene rings is 1. The molecule has 14 heavy (non-hydrogen) atoms. The van der Waals surface area contributed by atoms with Crippen molar-refractivity contribution in [3.63, 3.8) is 0 Å². The number of amides is 1. The van der Waals surface area contributed by atoms with Gasteiger partial charge in [0.15, 0.2) is 0 Å². The highest BCUT2D eigenvalue weighted by atomic mass is 16.1. The predicted octanol–water partition coefficient (Wildman–Crippen LogP) is 1.98. The fraction of sp³-hybridized carbons (Fsp3) is 0.417. The van der Waals surface area contributed by atoms with Crippen molar-refractivity contribution in [2.24, 2.45) is 0 Å². The maximum atomic E-state index is 11.2. The van der Waals surface area contributed by atoms with Gasteiger partial charge < -0.3 is 5.32 Å². The second kappa shape index (κ2) is 3.45. The molecule has 0 radical (unpaired) electrons. The number of carbonyl (C=O) groups excluding carboxylic acids is 1. The van der Waals surface area contributed by atoms with Crippen LogP contribution in [-0.4, -0.2) is 5.91 Å². The zero-order valence-electron chi connectivity index (χ0n) is 8.63. The number of carbonyl (C=O) groups is 1. The summed E-state index contributed by atoms with van der Waals surface area (Å²) < 4.78 is 0. The van der Waals surface area contributed by atoms with Gasteiger partial charge in [-0.05, 0) is 22.6 Å². The summed E-state index contributed by atoms with van der Waals surface area (Å²) in [5.74, 6) is 0.670. The molecule has 1 aromatic carbocycles. The first-order chi connectivity index (χ1) is 6.66. The lowest BCUT2D eigenvalue weighted by Crippen LogP contribution is -2.30. The Labute approximate surface area is 84.3 Å². The summed E-state index contributed by atoms with van der Waals surface area (Å²) in [4.78, 5) is 11.2. The van der Waals surface area contributed by atoms with Gasteiger partial charge in [0.2, 0.25) is 5.91 Å². The predicted molar refractivity (Wildman–Crippen MR) is 56.1 cm³/mol. The topological polar surface area (TPSA) is 29.1 Å². The van der Waals surface area contributed by atoms with Crippen molar-refractivity contribution >= 4 is 5.91 Å². The lowest BCUT2D eigenvalue weighted by Gasteiger charge is -2.18. The van der Waals surface area contributed by atoms with Gasteiger partial charge in [-0.1, -0.05) is 32.0 Å². The molecule has 1 aromatic rings. The van der Waals surface area contributed by atoms with Gasteiger partial charge in [-0.2, -0.15) is 0 Å². The quantitative estimate of drug-likeness (QED) is 0.719. The number of hydrogen-bond acceptors (Lipinski definition) is 1. The molecule has 2 heteroatoms. The van der Waals surface area contributed by atoms with Gasteiger partial charge in [0, 0.05) is 6.54 Å². The van der Waals surface area contributed by atoms with Crippen molar-refractivity contribution < 1.29 is 4.79 Å². The highest BCUT2D eigenvalue weighted by Gasteiger charge is 2.15. The Morgan fingerprint density at radius 3 is 2.79 bits per heavy atom. The van der Waals surface area contributed by atoms with Gasteiger partial charge in [0.25, 0.3) is 0 Å². The fourth-order valence-electron chi connectivity index (χ4n) is 1.77. The summed E-state index contributed by atoms with van der Waals surface area (Å²) >= 11 is 0. The van der Waals surface area contributed by atoms with Crippen molar-refractivity contribution in [1.82, 2.24) is 5.32 Å². The molecule has 1 N–H and O–H groups in total. The molecule has 0 unspecified atom stereocenters. The van der Waals surface area contributed by atoms with E-state index < -0.39 is 0 Å². The average molecular weight is 189 g/mol. The Bertz CT molecular complexity index is 369. The van der Waals surface area contributed by atoms with Crippen LogP contribution in [0, 0.1) is 0 Å². The van der Waals surface area contributed by atoms with Gasteiger partial charge in [-0.15, -0.1) is 0 Å². The van der Waals surface area contributed by atoms with Crippen LogP contribution >= 0.6 is 0 Å². The highest BCUT2D eigenvalue weighted by Crippen LogP contribution is 2.21. The Hall–Kier alpha value is -1.31. The molecule has 1 heterocycles. The maximum Gasteiger partial charge on any atom is 0.224 e. The Kier molecular flexibility index (Phi) is 2.28. The van der Waals surface area contributed by atoms with E-state index in [1.807, 2.05) is 0 Å². The van der Waals surface area contributed by atoms with E-state index in [2.05, 4.69) is 37.4 Å². The molecule has 2 rings (SSSR count). The van der Waals surface area contributed by atoms with Crippen LogP contribution < -0.4 is 5.32 Å². The smallest absolute Gasteiger partial charge is 0.224 e. The lowest BCUT2D eigenvalue weighted by atomic mass is 9.94.